The SMILES string of the molecule is CC#CC(=O)N[C@H](C(=O)OC(C)(C)C)C(C)C. The maximum absolute atomic E-state index is 11.9. The van der Waals surface area contributed by atoms with E-state index in [0.29, 0.717) is 0 Å². The van der Waals surface area contributed by atoms with Gasteiger partial charge in [-0.3, -0.25) is 4.79 Å². The zero-order chi connectivity index (χ0) is 13.6. The Hall–Kier alpha value is -1.50. The summed E-state index contributed by atoms with van der Waals surface area (Å²) >= 11 is 0. The summed E-state index contributed by atoms with van der Waals surface area (Å²) in [4.78, 5) is 23.2. The van der Waals surface area contributed by atoms with Crippen molar-refractivity contribution in [2.75, 3.05) is 0 Å². The molecular weight excluding hydrogens is 218 g/mol. The van der Waals surface area contributed by atoms with Crippen molar-refractivity contribution < 1.29 is 14.3 Å². The van der Waals surface area contributed by atoms with Crippen molar-refractivity contribution in [1.82, 2.24) is 5.32 Å². The third kappa shape index (κ3) is 6.62. The van der Waals surface area contributed by atoms with Gasteiger partial charge >= 0.3 is 5.97 Å². The van der Waals surface area contributed by atoms with E-state index in [2.05, 4.69) is 17.2 Å². The van der Waals surface area contributed by atoms with Crippen LogP contribution in [0.4, 0.5) is 0 Å². The third-order valence-corrected chi connectivity index (χ3v) is 1.85. The molecule has 1 atom stereocenters. The minimum Gasteiger partial charge on any atom is -0.458 e. The molecule has 0 saturated carbocycles. The van der Waals surface area contributed by atoms with Gasteiger partial charge in [0.25, 0.3) is 5.91 Å². The lowest BCUT2D eigenvalue weighted by atomic mass is 10.0. The highest BCUT2D eigenvalue weighted by molar-refractivity contribution is 5.96. The van der Waals surface area contributed by atoms with E-state index < -0.39 is 23.5 Å². The fourth-order valence-corrected chi connectivity index (χ4v) is 1.15. The van der Waals surface area contributed by atoms with E-state index in [1.165, 1.54) is 0 Å². The average Bonchev–Trinajstić information content (AvgIpc) is 2.11. The Labute approximate surface area is 103 Å². The van der Waals surface area contributed by atoms with Crippen molar-refractivity contribution in [3.05, 3.63) is 0 Å². The Kier molecular flexibility index (Phi) is 5.73. The largest absolute Gasteiger partial charge is 0.458 e. The van der Waals surface area contributed by atoms with E-state index in [1.807, 2.05) is 13.8 Å². The summed E-state index contributed by atoms with van der Waals surface area (Å²) in [6.45, 7) is 10.6. The molecule has 0 aliphatic carbocycles. The molecule has 0 aromatic carbocycles. The lowest BCUT2D eigenvalue weighted by Crippen LogP contribution is -2.46. The molecule has 0 heterocycles. The molecule has 0 aliphatic rings. The number of hydrogen-bond acceptors (Lipinski definition) is 3. The molecule has 0 aromatic heterocycles. The monoisotopic (exact) mass is 239 g/mol. The second-order valence-corrected chi connectivity index (χ2v) is 5.10. The van der Waals surface area contributed by atoms with Crippen LogP contribution in [0.25, 0.3) is 0 Å². The molecule has 0 fully saturated rings. The van der Waals surface area contributed by atoms with Gasteiger partial charge in [0.1, 0.15) is 11.6 Å². The molecule has 0 aromatic rings. The first kappa shape index (κ1) is 15.5. The van der Waals surface area contributed by atoms with Crippen molar-refractivity contribution in [3.63, 3.8) is 0 Å². The maximum Gasteiger partial charge on any atom is 0.329 e. The van der Waals surface area contributed by atoms with Gasteiger partial charge in [0.05, 0.1) is 0 Å². The highest BCUT2D eigenvalue weighted by atomic mass is 16.6. The molecule has 96 valence electrons. The Bertz CT molecular complexity index is 342. The standard InChI is InChI=1S/C13H21NO3/c1-7-8-10(15)14-11(9(2)3)12(16)17-13(4,5)6/h9,11H,1-6H3,(H,14,15)/t11-/m0/s1. The Morgan fingerprint density at radius 2 is 1.76 bits per heavy atom. The number of carbonyl (C=O) groups excluding carboxylic acids is 2. The molecule has 0 rings (SSSR count). The molecule has 0 aliphatic heterocycles. The van der Waals surface area contributed by atoms with E-state index >= 15 is 0 Å². The number of ether oxygens (including phenoxy) is 1. The smallest absolute Gasteiger partial charge is 0.329 e. The summed E-state index contributed by atoms with van der Waals surface area (Å²) < 4.78 is 5.24. The van der Waals surface area contributed by atoms with Crippen molar-refractivity contribution in [1.29, 1.82) is 0 Å². The molecule has 0 spiro atoms. The summed E-state index contributed by atoms with van der Waals surface area (Å²) in [7, 11) is 0. The summed E-state index contributed by atoms with van der Waals surface area (Å²) in [6, 6.07) is -0.664. The molecule has 1 amide bonds. The fourth-order valence-electron chi connectivity index (χ4n) is 1.15. The van der Waals surface area contributed by atoms with Crippen LogP contribution in [-0.4, -0.2) is 23.5 Å². The number of rotatable bonds is 3. The minimum atomic E-state index is -0.664. The lowest BCUT2D eigenvalue weighted by Gasteiger charge is -2.25. The lowest BCUT2D eigenvalue weighted by molar-refractivity contribution is -0.159. The predicted molar refractivity (Wildman–Crippen MR) is 66.1 cm³/mol. The van der Waals surface area contributed by atoms with Crippen molar-refractivity contribution in [3.8, 4) is 11.8 Å². The van der Waals surface area contributed by atoms with Crippen LogP contribution in [0.15, 0.2) is 0 Å². The Morgan fingerprint density at radius 3 is 2.12 bits per heavy atom. The van der Waals surface area contributed by atoms with E-state index in [1.54, 1.807) is 27.7 Å². The Morgan fingerprint density at radius 1 is 1.24 bits per heavy atom. The van der Waals surface area contributed by atoms with Crippen LogP contribution in [0.3, 0.4) is 0 Å². The summed E-state index contributed by atoms with van der Waals surface area (Å²) in [5, 5.41) is 2.55. The summed E-state index contributed by atoms with van der Waals surface area (Å²) in [5.41, 5.74) is -0.564. The first-order valence-corrected chi connectivity index (χ1v) is 5.63. The quantitative estimate of drug-likeness (QED) is 0.599. The second kappa shape index (κ2) is 6.29. The summed E-state index contributed by atoms with van der Waals surface area (Å²) in [6.07, 6.45) is 0. The average molecular weight is 239 g/mol. The Balaban J connectivity index is 4.68. The topological polar surface area (TPSA) is 55.4 Å². The number of amides is 1. The van der Waals surface area contributed by atoms with Gasteiger partial charge in [-0.25, -0.2) is 4.79 Å². The van der Waals surface area contributed by atoms with Gasteiger partial charge in [0.15, 0.2) is 0 Å². The molecule has 4 nitrogen and oxygen atoms in total. The van der Waals surface area contributed by atoms with Gasteiger partial charge in [0, 0.05) is 0 Å². The summed E-state index contributed by atoms with van der Waals surface area (Å²) in [5.74, 6) is 3.88. The van der Waals surface area contributed by atoms with E-state index in [-0.39, 0.29) is 5.92 Å². The first-order chi connectivity index (χ1) is 7.67. The van der Waals surface area contributed by atoms with Gasteiger partial charge in [0.2, 0.25) is 0 Å². The van der Waals surface area contributed by atoms with Gasteiger partial charge in [-0.05, 0) is 39.5 Å². The van der Waals surface area contributed by atoms with Gasteiger partial charge in [-0.1, -0.05) is 19.8 Å². The van der Waals surface area contributed by atoms with Gasteiger partial charge < -0.3 is 10.1 Å². The fraction of sp³-hybridized carbons (Fsp3) is 0.692. The van der Waals surface area contributed by atoms with Crippen LogP contribution in [0.5, 0.6) is 0 Å². The highest BCUT2D eigenvalue weighted by Crippen LogP contribution is 2.12. The van der Waals surface area contributed by atoms with Crippen LogP contribution in [0.1, 0.15) is 41.5 Å². The molecule has 4 heteroatoms. The van der Waals surface area contributed by atoms with Crippen molar-refractivity contribution in [2.45, 2.75) is 53.2 Å². The van der Waals surface area contributed by atoms with Crippen LogP contribution in [-0.2, 0) is 14.3 Å². The molecule has 0 radical (unpaired) electrons. The molecule has 1 N–H and O–H groups in total. The number of nitrogens with one attached hydrogen (secondary N) is 1. The maximum atomic E-state index is 11.9. The van der Waals surface area contributed by atoms with E-state index in [0.717, 1.165) is 0 Å². The number of esters is 1. The van der Waals surface area contributed by atoms with Crippen molar-refractivity contribution >= 4 is 11.9 Å². The predicted octanol–water partition coefficient (Wildman–Crippen LogP) is 1.49. The second-order valence-electron chi connectivity index (χ2n) is 5.10. The van der Waals surface area contributed by atoms with E-state index in [4.69, 9.17) is 4.74 Å². The number of hydrogen-bond donors (Lipinski definition) is 1. The molecular formula is C13H21NO3. The molecule has 0 bridgehead atoms. The molecule has 17 heavy (non-hydrogen) atoms. The van der Waals surface area contributed by atoms with Crippen LogP contribution < -0.4 is 5.32 Å². The van der Waals surface area contributed by atoms with Crippen LogP contribution >= 0.6 is 0 Å². The minimum absolute atomic E-state index is 0.0487. The van der Waals surface area contributed by atoms with Gasteiger partial charge in [-0.2, -0.15) is 0 Å². The normalized spacial score (nSPS) is 12.4. The molecule has 0 saturated heterocycles. The zero-order valence-electron chi connectivity index (χ0n) is 11.4. The highest BCUT2D eigenvalue weighted by Gasteiger charge is 2.28. The first-order valence-electron chi connectivity index (χ1n) is 5.63. The van der Waals surface area contributed by atoms with Crippen molar-refractivity contribution in [2.24, 2.45) is 5.92 Å². The molecule has 0 unspecified atom stereocenters. The van der Waals surface area contributed by atoms with Gasteiger partial charge in [-0.15, -0.1) is 0 Å². The zero-order valence-corrected chi connectivity index (χ0v) is 11.4. The number of carbonyl (C=O) groups is 2. The van der Waals surface area contributed by atoms with Crippen LogP contribution in [0, 0.1) is 17.8 Å². The van der Waals surface area contributed by atoms with Crippen LogP contribution in [0.2, 0.25) is 0 Å². The van der Waals surface area contributed by atoms with E-state index in [9.17, 15) is 9.59 Å². The third-order valence-electron chi connectivity index (χ3n) is 1.85.